The lowest BCUT2D eigenvalue weighted by Crippen LogP contribution is -2.30. The number of benzene rings is 1. The van der Waals surface area contributed by atoms with Crippen LogP contribution in [0, 0.1) is 0 Å². The first-order valence-corrected chi connectivity index (χ1v) is 7.27. The number of nitrogens with two attached hydrogens (primary N) is 1. The van der Waals surface area contributed by atoms with Crippen molar-refractivity contribution >= 4 is 34.5 Å². The number of hydrogen-bond donors (Lipinski definition) is 2. The fourth-order valence-electron chi connectivity index (χ4n) is 1.63. The topological polar surface area (TPSA) is 64.3 Å². The van der Waals surface area contributed by atoms with Gasteiger partial charge >= 0.3 is 0 Å². The third kappa shape index (κ3) is 4.15. The van der Waals surface area contributed by atoms with E-state index in [1.807, 2.05) is 19.1 Å². The zero-order valence-corrected chi connectivity index (χ0v) is 12.5. The Bertz CT molecular complexity index is 583. The molecule has 2 rings (SSSR count). The number of hydrogen-bond acceptors (Lipinski definition) is 4. The molecule has 1 heterocycles. The van der Waals surface area contributed by atoms with Gasteiger partial charge in [0.2, 0.25) is 0 Å². The molecule has 1 amide bonds. The lowest BCUT2D eigenvalue weighted by atomic mass is 10.3. The molecule has 1 atom stereocenters. The van der Waals surface area contributed by atoms with E-state index in [0.717, 1.165) is 4.88 Å². The Morgan fingerprint density at radius 3 is 2.65 bits per heavy atom. The number of carbonyl (C=O) groups is 1. The smallest absolute Gasteiger partial charge is 0.258 e. The summed E-state index contributed by atoms with van der Waals surface area (Å²) < 4.78 is 6.08. The maximum Gasteiger partial charge on any atom is 0.258 e. The maximum absolute atomic E-state index is 11.8. The van der Waals surface area contributed by atoms with Crippen molar-refractivity contribution in [3.63, 3.8) is 0 Å². The third-order valence-corrected chi connectivity index (χ3v) is 4.06. The van der Waals surface area contributed by atoms with Crippen LogP contribution in [0.2, 0.25) is 4.34 Å². The van der Waals surface area contributed by atoms with Gasteiger partial charge in [0, 0.05) is 10.6 Å². The molecule has 2 aromatic rings. The first-order valence-electron chi connectivity index (χ1n) is 6.07. The Balaban J connectivity index is 1.82. The van der Waals surface area contributed by atoms with Crippen molar-refractivity contribution < 1.29 is 9.53 Å². The van der Waals surface area contributed by atoms with Crippen LogP contribution in [0.3, 0.4) is 0 Å². The largest absolute Gasteiger partial charge is 0.484 e. The summed E-state index contributed by atoms with van der Waals surface area (Å²) in [5, 5.41) is 2.85. The van der Waals surface area contributed by atoms with Gasteiger partial charge in [-0.25, -0.2) is 0 Å². The molecule has 4 nitrogen and oxygen atoms in total. The highest BCUT2D eigenvalue weighted by Gasteiger charge is 2.12. The Hall–Kier alpha value is -1.72. The number of halogens is 1. The predicted octanol–water partition coefficient (Wildman–Crippen LogP) is 3.24. The van der Waals surface area contributed by atoms with E-state index in [0.29, 0.717) is 15.8 Å². The summed E-state index contributed by atoms with van der Waals surface area (Å²) in [5.41, 5.74) is 6.23. The summed E-state index contributed by atoms with van der Waals surface area (Å²) in [6.45, 7) is 1.87. The summed E-state index contributed by atoms with van der Waals surface area (Å²) in [6.07, 6.45) is 0. The van der Waals surface area contributed by atoms with E-state index in [1.165, 1.54) is 11.3 Å². The van der Waals surface area contributed by atoms with Crippen LogP contribution in [0.5, 0.6) is 5.75 Å². The molecule has 0 saturated heterocycles. The summed E-state index contributed by atoms with van der Waals surface area (Å²) >= 11 is 7.32. The van der Waals surface area contributed by atoms with E-state index < -0.39 is 0 Å². The fourth-order valence-corrected chi connectivity index (χ4v) is 2.69. The molecule has 0 bridgehead atoms. The van der Waals surface area contributed by atoms with Gasteiger partial charge in [-0.2, -0.15) is 0 Å². The summed E-state index contributed by atoms with van der Waals surface area (Å²) in [6, 6.07) is 10.5. The molecular weight excluding hydrogens is 296 g/mol. The van der Waals surface area contributed by atoms with E-state index >= 15 is 0 Å². The fraction of sp³-hybridized carbons (Fsp3) is 0.214. The van der Waals surface area contributed by atoms with Crippen molar-refractivity contribution in [3.8, 4) is 5.75 Å². The highest BCUT2D eigenvalue weighted by atomic mass is 35.5. The van der Waals surface area contributed by atoms with Crippen molar-refractivity contribution in [2.75, 3.05) is 12.3 Å². The molecule has 0 spiro atoms. The quantitative estimate of drug-likeness (QED) is 0.833. The number of amides is 1. The average molecular weight is 311 g/mol. The number of carbonyl (C=O) groups excluding carboxylic acids is 1. The minimum absolute atomic E-state index is 0.0344. The van der Waals surface area contributed by atoms with Gasteiger partial charge in [-0.3, -0.25) is 4.79 Å². The van der Waals surface area contributed by atoms with Crippen molar-refractivity contribution in [1.82, 2.24) is 5.32 Å². The van der Waals surface area contributed by atoms with E-state index in [4.69, 9.17) is 22.1 Å². The SMILES string of the molecule is CC(NC(=O)COc1ccc(N)cc1)c1ccc(Cl)s1. The lowest BCUT2D eigenvalue weighted by Gasteiger charge is -2.12. The first-order chi connectivity index (χ1) is 9.54. The number of rotatable bonds is 5. The Morgan fingerprint density at radius 2 is 2.05 bits per heavy atom. The first kappa shape index (κ1) is 14.7. The Morgan fingerprint density at radius 1 is 1.35 bits per heavy atom. The van der Waals surface area contributed by atoms with Crippen LogP contribution < -0.4 is 15.8 Å². The second-order valence-corrected chi connectivity index (χ2v) is 6.04. The average Bonchev–Trinajstić information content (AvgIpc) is 2.85. The van der Waals surface area contributed by atoms with Crippen LogP contribution in [-0.2, 0) is 4.79 Å². The van der Waals surface area contributed by atoms with Crippen molar-refractivity contribution in [1.29, 1.82) is 0 Å². The molecule has 1 aromatic carbocycles. The van der Waals surface area contributed by atoms with Gasteiger partial charge in [-0.15, -0.1) is 11.3 Å². The van der Waals surface area contributed by atoms with Crippen LogP contribution in [0.25, 0.3) is 0 Å². The number of ether oxygens (including phenoxy) is 1. The molecule has 0 fully saturated rings. The zero-order valence-electron chi connectivity index (χ0n) is 10.9. The number of anilines is 1. The van der Waals surface area contributed by atoms with Crippen molar-refractivity contribution in [2.24, 2.45) is 0 Å². The molecule has 0 aliphatic heterocycles. The number of thiophene rings is 1. The van der Waals surface area contributed by atoms with Crippen LogP contribution in [-0.4, -0.2) is 12.5 Å². The molecule has 1 aromatic heterocycles. The van der Waals surface area contributed by atoms with E-state index in [1.54, 1.807) is 24.3 Å². The van der Waals surface area contributed by atoms with E-state index in [2.05, 4.69) is 5.32 Å². The van der Waals surface area contributed by atoms with Crippen LogP contribution in [0.15, 0.2) is 36.4 Å². The van der Waals surface area contributed by atoms with Crippen molar-refractivity contribution in [2.45, 2.75) is 13.0 Å². The molecule has 0 aliphatic carbocycles. The monoisotopic (exact) mass is 310 g/mol. The highest BCUT2D eigenvalue weighted by molar-refractivity contribution is 7.16. The van der Waals surface area contributed by atoms with Gasteiger partial charge in [0.05, 0.1) is 10.4 Å². The Kier molecular flexibility index (Phi) is 4.87. The lowest BCUT2D eigenvalue weighted by molar-refractivity contribution is -0.123. The van der Waals surface area contributed by atoms with E-state index in [-0.39, 0.29) is 18.6 Å². The van der Waals surface area contributed by atoms with Crippen LogP contribution in [0.4, 0.5) is 5.69 Å². The molecule has 0 radical (unpaired) electrons. The van der Waals surface area contributed by atoms with Crippen LogP contribution >= 0.6 is 22.9 Å². The standard InChI is InChI=1S/C14H15ClN2O2S/c1-9(12-6-7-13(15)20-12)17-14(18)8-19-11-4-2-10(16)3-5-11/h2-7,9H,8,16H2,1H3,(H,17,18). The van der Waals surface area contributed by atoms with Gasteiger partial charge in [-0.1, -0.05) is 11.6 Å². The molecule has 1 unspecified atom stereocenters. The van der Waals surface area contributed by atoms with Gasteiger partial charge < -0.3 is 15.8 Å². The molecule has 0 aliphatic rings. The minimum Gasteiger partial charge on any atom is -0.484 e. The second-order valence-electron chi connectivity index (χ2n) is 4.29. The van der Waals surface area contributed by atoms with Gasteiger partial charge in [-0.05, 0) is 43.3 Å². The van der Waals surface area contributed by atoms with Gasteiger partial charge in [0.25, 0.3) is 5.91 Å². The Labute approximate surface area is 126 Å². The summed E-state index contributed by atoms with van der Waals surface area (Å²) in [4.78, 5) is 12.8. The molecule has 106 valence electrons. The molecular formula is C14H15ClN2O2S. The molecule has 6 heteroatoms. The van der Waals surface area contributed by atoms with Gasteiger partial charge in [0.1, 0.15) is 5.75 Å². The highest BCUT2D eigenvalue weighted by Crippen LogP contribution is 2.26. The second kappa shape index (κ2) is 6.63. The molecule has 3 N–H and O–H groups in total. The van der Waals surface area contributed by atoms with Crippen molar-refractivity contribution in [3.05, 3.63) is 45.6 Å². The zero-order chi connectivity index (χ0) is 14.5. The minimum atomic E-state index is -0.182. The summed E-state index contributed by atoms with van der Waals surface area (Å²) in [7, 11) is 0. The normalized spacial score (nSPS) is 11.9. The van der Waals surface area contributed by atoms with Gasteiger partial charge in [0.15, 0.2) is 6.61 Å². The maximum atomic E-state index is 11.8. The third-order valence-electron chi connectivity index (χ3n) is 2.65. The molecule has 20 heavy (non-hydrogen) atoms. The predicted molar refractivity (Wildman–Crippen MR) is 82.2 cm³/mol. The summed E-state index contributed by atoms with van der Waals surface area (Å²) in [5.74, 6) is 0.431. The number of nitrogen functional groups attached to an aromatic ring is 1. The number of nitrogens with one attached hydrogen (secondary N) is 1. The van der Waals surface area contributed by atoms with E-state index in [9.17, 15) is 4.79 Å². The molecule has 0 saturated carbocycles. The van der Waals surface area contributed by atoms with Crippen LogP contribution in [0.1, 0.15) is 17.8 Å².